The molecule has 0 aliphatic heterocycles. The number of benzene rings is 1. The van der Waals surface area contributed by atoms with Crippen molar-refractivity contribution < 1.29 is 0 Å². The lowest BCUT2D eigenvalue weighted by molar-refractivity contribution is 0.675. The molecule has 7 heteroatoms. The van der Waals surface area contributed by atoms with Crippen LogP contribution < -0.4 is 4.80 Å². The summed E-state index contributed by atoms with van der Waals surface area (Å²) in [7, 11) is 0. The number of hydrogen-bond donors (Lipinski definition) is 0. The van der Waals surface area contributed by atoms with Gasteiger partial charge in [-0.2, -0.15) is 0 Å². The van der Waals surface area contributed by atoms with Crippen LogP contribution in [0.1, 0.15) is 5.69 Å². The van der Waals surface area contributed by atoms with Gasteiger partial charge in [-0.15, -0.1) is 22.7 Å². The molecule has 3 heterocycles. The molecule has 3 nitrogen and oxygen atoms in total. The van der Waals surface area contributed by atoms with Crippen LogP contribution in [0.25, 0.3) is 10.6 Å². The summed E-state index contributed by atoms with van der Waals surface area (Å²) >= 11 is 15.7. The lowest BCUT2D eigenvalue weighted by Crippen LogP contribution is -2.17. The minimum absolute atomic E-state index is 0.546. The first kappa shape index (κ1) is 18.4. The smallest absolute Gasteiger partial charge is 0.190 e. The van der Waals surface area contributed by atoms with Gasteiger partial charge in [0.2, 0.25) is 0 Å². The first-order valence-electron chi connectivity index (χ1n) is 8.32. The average molecular weight is 432 g/mol. The molecule has 0 aliphatic rings. The van der Waals surface area contributed by atoms with Gasteiger partial charge in [-0.25, -0.2) is 4.99 Å². The van der Waals surface area contributed by atoms with Crippen molar-refractivity contribution >= 4 is 51.6 Å². The van der Waals surface area contributed by atoms with Gasteiger partial charge < -0.3 is 4.57 Å². The summed E-state index contributed by atoms with van der Waals surface area (Å²) in [5.74, 6) is 0. The van der Waals surface area contributed by atoms with Crippen LogP contribution >= 0.6 is 45.9 Å². The number of aromatic nitrogens is 2. The maximum Gasteiger partial charge on any atom is 0.190 e. The maximum atomic E-state index is 6.32. The van der Waals surface area contributed by atoms with Crippen molar-refractivity contribution in [3.05, 3.63) is 86.0 Å². The van der Waals surface area contributed by atoms with Gasteiger partial charge in [0.25, 0.3) is 0 Å². The minimum atomic E-state index is 0.546. The quantitative estimate of drug-likeness (QED) is 0.356. The summed E-state index contributed by atoms with van der Waals surface area (Å²) < 4.78 is 2.23. The molecule has 0 fully saturated rings. The molecule has 0 unspecified atom stereocenters. The second-order valence-electron chi connectivity index (χ2n) is 5.81. The van der Waals surface area contributed by atoms with E-state index in [-0.39, 0.29) is 0 Å². The molecule has 0 saturated heterocycles. The van der Waals surface area contributed by atoms with Crippen molar-refractivity contribution in [2.24, 2.45) is 4.99 Å². The largest absolute Gasteiger partial charge is 0.315 e. The van der Waals surface area contributed by atoms with Crippen LogP contribution in [0.3, 0.4) is 0 Å². The summed E-state index contributed by atoms with van der Waals surface area (Å²) in [6.45, 7) is 0.789. The van der Waals surface area contributed by atoms with Crippen molar-refractivity contribution in [3.63, 3.8) is 0 Å². The topological polar surface area (TPSA) is 30.2 Å². The Balaban J connectivity index is 1.76. The summed E-state index contributed by atoms with van der Waals surface area (Å²) in [4.78, 5) is 11.4. The van der Waals surface area contributed by atoms with Crippen LogP contribution in [0.4, 0.5) is 5.69 Å². The van der Waals surface area contributed by atoms with Gasteiger partial charge in [0.05, 0.1) is 21.3 Å². The third kappa shape index (κ3) is 4.33. The summed E-state index contributed by atoms with van der Waals surface area (Å²) in [5.41, 5.74) is 2.94. The molecule has 27 heavy (non-hydrogen) atoms. The van der Waals surface area contributed by atoms with E-state index in [4.69, 9.17) is 28.2 Å². The molecule has 4 aromatic rings. The molecule has 0 aliphatic carbocycles. The number of pyridine rings is 1. The number of nitrogens with zero attached hydrogens (tertiary/aromatic N) is 3. The Morgan fingerprint density at radius 1 is 1.04 bits per heavy atom. The molecule has 0 N–H and O–H groups in total. The zero-order valence-corrected chi connectivity index (χ0v) is 17.3. The Morgan fingerprint density at radius 2 is 1.96 bits per heavy atom. The third-order valence-electron chi connectivity index (χ3n) is 4.01. The van der Waals surface area contributed by atoms with Gasteiger partial charge in [0.1, 0.15) is 0 Å². The van der Waals surface area contributed by atoms with Crippen molar-refractivity contribution in [3.8, 4) is 10.6 Å². The fourth-order valence-electron chi connectivity index (χ4n) is 2.70. The van der Waals surface area contributed by atoms with E-state index in [1.54, 1.807) is 34.8 Å². The fraction of sp³-hybridized carbons (Fsp3) is 0.100. The summed E-state index contributed by atoms with van der Waals surface area (Å²) in [6, 6.07) is 15.5. The van der Waals surface area contributed by atoms with Gasteiger partial charge in [0.15, 0.2) is 4.80 Å². The highest BCUT2D eigenvalue weighted by Crippen LogP contribution is 2.29. The molecule has 0 radical (unpaired) electrons. The van der Waals surface area contributed by atoms with E-state index >= 15 is 0 Å². The molecule has 0 atom stereocenters. The highest BCUT2D eigenvalue weighted by molar-refractivity contribution is 7.14. The monoisotopic (exact) mass is 431 g/mol. The van der Waals surface area contributed by atoms with Crippen molar-refractivity contribution in [2.75, 3.05) is 0 Å². The highest BCUT2D eigenvalue weighted by Gasteiger charge is 2.10. The molecular weight excluding hydrogens is 417 g/mol. The van der Waals surface area contributed by atoms with Gasteiger partial charge >= 0.3 is 0 Å². The zero-order valence-electron chi connectivity index (χ0n) is 14.2. The number of aryl methyl sites for hydroxylation is 1. The van der Waals surface area contributed by atoms with Crippen LogP contribution in [0.5, 0.6) is 0 Å². The van der Waals surface area contributed by atoms with Crippen molar-refractivity contribution in [2.45, 2.75) is 13.0 Å². The minimum Gasteiger partial charge on any atom is -0.315 e. The molecule has 136 valence electrons. The standard InChI is InChI=1S/C20H15Cl2N3S2/c21-14-6-7-17(16(22)12-14)24-20-25(10-8-15-4-1-2-9-23-15)18(13-27-20)19-5-3-11-26-19/h1-7,9,11-13H,8,10H2. The summed E-state index contributed by atoms with van der Waals surface area (Å²) in [6.07, 6.45) is 2.66. The van der Waals surface area contributed by atoms with Gasteiger partial charge in [-0.05, 0) is 41.8 Å². The molecule has 0 amide bonds. The fourth-order valence-corrected chi connectivity index (χ4v) is 4.92. The molecule has 0 bridgehead atoms. The van der Waals surface area contributed by atoms with Crippen molar-refractivity contribution in [1.29, 1.82) is 0 Å². The van der Waals surface area contributed by atoms with Gasteiger partial charge in [-0.3, -0.25) is 4.98 Å². The van der Waals surface area contributed by atoms with E-state index in [9.17, 15) is 0 Å². The second-order valence-corrected chi connectivity index (χ2v) is 8.44. The Hall–Kier alpha value is -1.92. The SMILES string of the molecule is Clc1ccc(N=c2scc(-c3cccs3)n2CCc2ccccn2)c(Cl)c1. The van der Waals surface area contributed by atoms with E-state index in [1.165, 1.54) is 4.88 Å². The zero-order chi connectivity index (χ0) is 18.6. The molecule has 0 saturated carbocycles. The highest BCUT2D eigenvalue weighted by atomic mass is 35.5. The lowest BCUT2D eigenvalue weighted by Gasteiger charge is -2.08. The first-order valence-corrected chi connectivity index (χ1v) is 10.8. The number of hydrogen-bond acceptors (Lipinski definition) is 4. The number of rotatable bonds is 5. The number of thiophene rings is 1. The molecule has 1 aromatic carbocycles. The van der Waals surface area contributed by atoms with Crippen LogP contribution in [-0.4, -0.2) is 9.55 Å². The van der Waals surface area contributed by atoms with E-state index in [2.05, 4.69) is 32.4 Å². The van der Waals surface area contributed by atoms with E-state index in [0.29, 0.717) is 15.7 Å². The Morgan fingerprint density at radius 3 is 2.70 bits per heavy atom. The van der Waals surface area contributed by atoms with Crippen LogP contribution in [0, 0.1) is 0 Å². The average Bonchev–Trinajstić information content (AvgIpc) is 3.33. The predicted molar refractivity (Wildman–Crippen MR) is 115 cm³/mol. The first-order chi connectivity index (χ1) is 13.2. The Labute approximate surface area is 175 Å². The van der Waals surface area contributed by atoms with Crippen molar-refractivity contribution in [1.82, 2.24) is 9.55 Å². The van der Waals surface area contributed by atoms with Gasteiger partial charge in [0, 0.05) is 35.3 Å². The lowest BCUT2D eigenvalue weighted by atomic mass is 10.2. The number of thiazole rings is 1. The van der Waals surface area contributed by atoms with E-state index in [0.717, 1.165) is 29.2 Å². The van der Waals surface area contributed by atoms with Gasteiger partial charge in [-0.1, -0.05) is 35.3 Å². The third-order valence-corrected chi connectivity index (χ3v) is 6.31. The van der Waals surface area contributed by atoms with E-state index < -0.39 is 0 Å². The number of halogens is 2. The Kier molecular flexibility index (Phi) is 5.74. The van der Waals surface area contributed by atoms with Crippen LogP contribution in [0.2, 0.25) is 10.0 Å². The van der Waals surface area contributed by atoms with E-state index in [1.807, 2.05) is 30.5 Å². The van der Waals surface area contributed by atoms with Crippen LogP contribution in [0.15, 0.2) is 70.5 Å². The normalized spacial score (nSPS) is 11.9. The Bertz CT molecular complexity index is 1100. The maximum absolute atomic E-state index is 6.32. The molecule has 0 spiro atoms. The predicted octanol–water partition coefficient (Wildman–Crippen LogP) is 6.46. The second kappa shape index (κ2) is 8.40. The molecule has 3 aromatic heterocycles. The molecule has 4 rings (SSSR count). The molecular formula is C20H15Cl2N3S2. The van der Waals surface area contributed by atoms with Crippen LogP contribution in [-0.2, 0) is 13.0 Å². The summed E-state index contributed by atoms with van der Waals surface area (Å²) in [5, 5.41) is 5.38.